The third kappa shape index (κ3) is 3.88. The van der Waals surface area contributed by atoms with Crippen molar-refractivity contribution in [3.05, 3.63) is 0 Å². The zero-order valence-corrected chi connectivity index (χ0v) is 12.3. The summed E-state index contributed by atoms with van der Waals surface area (Å²) in [7, 11) is 0. The Morgan fingerprint density at radius 2 is 1.65 bits per heavy atom. The lowest BCUT2D eigenvalue weighted by atomic mass is 9.72. The Balaban J connectivity index is 1.94. The van der Waals surface area contributed by atoms with E-state index in [1.807, 2.05) is 0 Å². The van der Waals surface area contributed by atoms with Crippen LogP contribution in [-0.2, 0) is 9.59 Å². The van der Waals surface area contributed by atoms with Crippen LogP contribution >= 0.6 is 0 Å². The highest BCUT2D eigenvalue weighted by atomic mass is 16.1. The highest BCUT2D eigenvalue weighted by Crippen LogP contribution is 2.38. The minimum absolute atomic E-state index is 0.142. The zero-order chi connectivity index (χ0) is 14.4. The topological polar surface area (TPSA) is 58.9 Å². The SMILES string of the molecule is CC1CCC(CC2CCCCC2N=C=O)CC1N=C=O. The van der Waals surface area contributed by atoms with Crippen molar-refractivity contribution >= 4 is 12.2 Å². The molecule has 0 spiro atoms. The smallest absolute Gasteiger partial charge is 0.211 e. The maximum absolute atomic E-state index is 10.5. The summed E-state index contributed by atoms with van der Waals surface area (Å²) in [5, 5.41) is 0. The third-order valence-electron chi connectivity index (χ3n) is 5.20. The van der Waals surface area contributed by atoms with Crippen LogP contribution in [0.2, 0.25) is 0 Å². The van der Waals surface area contributed by atoms with E-state index in [0.29, 0.717) is 17.8 Å². The molecule has 0 amide bonds. The summed E-state index contributed by atoms with van der Waals surface area (Å²) in [5.74, 6) is 1.62. The van der Waals surface area contributed by atoms with Crippen LogP contribution in [0.1, 0.15) is 58.3 Å². The molecule has 5 unspecified atom stereocenters. The molecule has 2 aliphatic carbocycles. The first-order valence-electron chi connectivity index (χ1n) is 7.88. The van der Waals surface area contributed by atoms with Gasteiger partial charge in [-0.3, -0.25) is 0 Å². The second-order valence-electron chi connectivity index (χ2n) is 6.51. The van der Waals surface area contributed by atoms with E-state index in [2.05, 4.69) is 16.9 Å². The van der Waals surface area contributed by atoms with Crippen molar-refractivity contribution in [1.29, 1.82) is 0 Å². The van der Waals surface area contributed by atoms with Gasteiger partial charge in [0.2, 0.25) is 12.2 Å². The van der Waals surface area contributed by atoms with Gasteiger partial charge in [-0.2, -0.15) is 0 Å². The van der Waals surface area contributed by atoms with Gasteiger partial charge in [-0.05, 0) is 49.9 Å². The zero-order valence-electron chi connectivity index (χ0n) is 12.3. The molecule has 4 nitrogen and oxygen atoms in total. The molecular weight excluding hydrogens is 252 g/mol. The maximum atomic E-state index is 10.5. The van der Waals surface area contributed by atoms with Crippen LogP contribution in [0, 0.1) is 17.8 Å². The van der Waals surface area contributed by atoms with E-state index in [9.17, 15) is 9.59 Å². The second-order valence-corrected chi connectivity index (χ2v) is 6.51. The van der Waals surface area contributed by atoms with E-state index in [1.165, 1.54) is 25.7 Å². The molecule has 110 valence electrons. The fourth-order valence-electron chi connectivity index (χ4n) is 3.97. The molecule has 2 saturated carbocycles. The lowest BCUT2D eigenvalue weighted by Crippen LogP contribution is -2.31. The van der Waals surface area contributed by atoms with Crippen molar-refractivity contribution < 1.29 is 9.59 Å². The fraction of sp³-hybridized carbons (Fsp3) is 0.875. The van der Waals surface area contributed by atoms with Gasteiger partial charge in [-0.25, -0.2) is 19.6 Å². The van der Waals surface area contributed by atoms with Gasteiger partial charge in [-0.1, -0.05) is 26.2 Å². The van der Waals surface area contributed by atoms with Crippen molar-refractivity contribution in [3.8, 4) is 0 Å². The Morgan fingerprint density at radius 3 is 2.40 bits per heavy atom. The summed E-state index contributed by atoms with van der Waals surface area (Å²) < 4.78 is 0. The Labute approximate surface area is 120 Å². The molecule has 2 rings (SSSR count). The molecule has 0 aliphatic heterocycles. The molecule has 0 saturated heterocycles. The quantitative estimate of drug-likeness (QED) is 0.583. The van der Waals surface area contributed by atoms with Crippen LogP contribution in [0.4, 0.5) is 0 Å². The van der Waals surface area contributed by atoms with Crippen molar-refractivity contribution in [2.24, 2.45) is 27.7 Å². The number of hydrogen-bond donors (Lipinski definition) is 0. The Kier molecular flexibility index (Phi) is 5.70. The number of isocyanates is 2. The van der Waals surface area contributed by atoms with E-state index >= 15 is 0 Å². The lowest BCUT2D eigenvalue weighted by Gasteiger charge is -2.35. The molecule has 0 aromatic rings. The van der Waals surface area contributed by atoms with Gasteiger partial charge in [0.05, 0.1) is 12.1 Å². The molecule has 0 aromatic heterocycles. The molecule has 20 heavy (non-hydrogen) atoms. The van der Waals surface area contributed by atoms with Crippen LogP contribution < -0.4 is 0 Å². The third-order valence-corrected chi connectivity index (χ3v) is 5.20. The first kappa shape index (κ1) is 15.2. The van der Waals surface area contributed by atoms with Gasteiger partial charge >= 0.3 is 0 Å². The molecule has 2 fully saturated rings. The van der Waals surface area contributed by atoms with Gasteiger partial charge in [-0.15, -0.1) is 0 Å². The van der Waals surface area contributed by atoms with Crippen LogP contribution in [0.15, 0.2) is 9.98 Å². The summed E-state index contributed by atoms with van der Waals surface area (Å²) in [6, 6.07) is 0.316. The minimum Gasteiger partial charge on any atom is -0.211 e. The van der Waals surface area contributed by atoms with Crippen molar-refractivity contribution in [2.45, 2.75) is 70.4 Å². The van der Waals surface area contributed by atoms with Gasteiger partial charge < -0.3 is 0 Å². The fourth-order valence-corrected chi connectivity index (χ4v) is 3.97. The number of hydrogen-bond acceptors (Lipinski definition) is 4. The minimum atomic E-state index is 0.142. The molecule has 2 aliphatic rings. The van der Waals surface area contributed by atoms with E-state index in [0.717, 1.165) is 25.7 Å². The lowest BCUT2D eigenvalue weighted by molar-refractivity contribution is 0.186. The van der Waals surface area contributed by atoms with Crippen LogP contribution in [0.25, 0.3) is 0 Å². The van der Waals surface area contributed by atoms with E-state index < -0.39 is 0 Å². The molecule has 0 heterocycles. The average Bonchev–Trinajstić information content (AvgIpc) is 2.45. The predicted molar refractivity (Wildman–Crippen MR) is 76.9 cm³/mol. The summed E-state index contributed by atoms with van der Waals surface area (Å²) in [6.07, 6.45) is 12.5. The molecule has 0 aromatic carbocycles. The first-order valence-corrected chi connectivity index (χ1v) is 7.88. The Hall–Kier alpha value is -1.24. The summed E-state index contributed by atoms with van der Waals surface area (Å²) in [6.45, 7) is 2.17. The Morgan fingerprint density at radius 1 is 0.950 bits per heavy atom. The Bertz CT molecular complexity index is 411. The van der Waals surface area contributed by atoms with Crippen LogP contribution in [0.5, 0.6) is 0 Å². The highest BCUT2D eigenvalue weighted by Gasteiger charge is 2.32. The summed E-state index contributed by atoms with van der Waals surface area (Å²) in [5.41, 5.74) is 0. The number of nitrogens with zero attached hydrogens (tertiary/aromatic N) is 2. The normalized spacial score (nSPS) is 37.5. The molecule has 0 N–H and O–H groups in total. The van der Waals surface area contributed by atoms with Crippen LogP contribution in [-0.4, -0.2) is 24.2 Å². The van der Waals surface area contributed by atoms with Crippen molar-refractivity contribution in [2.75, 3.05) is 0 Å². The average molecular weight is 276 g/mol. The molecule has 4 heteroatoms. The van der Waals surface area contributed by atoms with Gasteiger partial charge in [0.15, 0.2) is 0 Å². The summed E-state index contributed by atoms with van der Waals surface area (Å²) in [4.78, 5) is 29.0. The number of aliphatic imine (C=N–C) groups is 2. The molecular formula is C16H24N2O2. The number of rotatable bonds is 4. The van der Waals surface area contributed by atoms with Gasteiger partial charge in [0.1, 0.15) is 0 Å². The number of carbonyl (C=O) groups excluding carboxylic acids is 2. The molecule has 0 radical (unpaired) electrons. The van der Waals surface area contributed by atoms with Gasteiger partial charge in [0, 0.05) is 0 Å². The second kappa shape index (κ2) is 7.52. The largest absolute Gasteiger partial charge is 0.235 e. The summed E-state index contributed by atoms with van der Waals surface area (Å²) >= 11 is 0. The van der Waals surface area contributed by atoms with E-state index in [1.54, 1.807) is 12.2 Å². The van der Waals surface area contributed by atoms with E-state index in [-0.39, 0.29) is 12.1 Å². The monoisotopic (exact) mass is 276 g/mol. The van der Waals surface area contributed by atoms with Crippen molar-refractivity contribution in [1.82, 2.24) is 0 Å². The molecule has 5 atom stereocenters. The predicted octanol–water partition coefficient (Wildman–Crippen LogP) is 3.41. The maximum Gasteiger partial charge on any atom is 0.235 e. The molecule has 0 bridgehead atoms. The highest BCUT2D eigenvalue weighted by molar-refractivity contribution is 5.34. The van der Waals surface area contributed by atoms with E-state index in [4.69, 9.17) is 0 Å². The van der Waals surface area contributed by atoms with Crippen molar-refractivity contribution in [3.63, 3.8) is 0 Å². The van der Waals surface area contributed by atoms with Crippen LogP contribution in [0.3, 0.4) is 0 Å². The van der Waals surface area contributed by atoms with Gasteiger partial charge in [0.25, 0.3) is 0 Å². The standard InChI is InChI=1S/C16H24N2O2/c1-12-6-7-13(9-16(12)18-11-20)8-14-4-2-3-5-15(14)17-10-19/h12-16H,2-9H2,1H3. The first-order chi connectivity index (χ1) is 9.74.